The van der Waals surface area contributed by atoms with Crippen LogP contribution in [0.4, 0.5) is 0 Å². The van der Waals surface area contributed by atoms with Crippen LogP contribution in [0.5, 0.6) is 5.75 Å². The molecule has 4 rings (SSSR count). The summed E-state index contributed by atoms with van der Waals surface area (Å²) in [7, 11) is 0. The first-order valence-corrected chi connectivity index (χ1v) is 8.48. The van der Waals surface area contributed by atoms with Gasteiger partial charge in [0.15, 0.2) is 0 Å². The number of aromatic nitrogens is 2. The van der Waals surface area contributed by atoms with Gasteiger partial charge >= 0.3 is 0 Å². The van der Waals surface area contributed by atoms with E-state index in [1.165, 1.54) is 6.20 Å². The van der Waals surface area contributed by atoms with Crippen molar-refractivity contribution in [1.29, 1.82) is 0 Å². The van der Waals surface area contributed by atoms with E-state index in [1.807, 2.05) is 29.2 Å². The number of piperidine rings is 1. The zero-order chi connectivity index (χ0) is 17.4. The Morgan fingerprint density at radius 1 is 1.32 bits per heavy atom. The number of hydrogen-bond donors (Lipinski definition) is 2. The van der Waals surface area contributed by atoms with Gasteiger partial charge in [-0.15, -0.1) is 0 Å². The highest BCUT2D eigenvalue weighted by Crippen LogP contribution is 2.36. The minimum absolute atomic E-state index is 0.0419. The molecular weight excluding hydrogens is 320 g/mol. The van der Waals surface area contributed by atoms with Gasteiger partial charge in [-0.05, 0) is 18.9 Å². The number of likely N-dealkylation sites (tertiary alicyclic amines) is 1. The lowest BCUT2D eigenvalue weighted by atomic mass is 9.91. The van der Waals surface area contributed by atoms with Gasteiger partial charge in [0, 0.05) is 24.6 Å². The Balaban J connectivity index is 1.53. The number of fused-ring (bicyclic) bond motifs is 1. The maximum absolute atomic E-state index is 13.0. The van der Waals surface area contributed by atoms with Crippen LogP contribution >= 0.6 is 0 Å². The second-order valence-electron chi connectivity index (χ2n) is 6.59. The van der Waals surface area contributed by atoms with E-state index in [9.17, 15) is 9.59 Å². The van der Waals surface area contributed by atoms with E-state index >= 15 is 0 Å². The first-order valence-electron chi connectivity index (χ1n) is 8.48. The monoisotopic (exact) mass is 340 g/mol. The van der Waals surface area contributed by atoms with E-state index in [1.54, 1.807) is 0 Å². The Labute approximate surface area is 145 Å². The van der Waals surface area contributed by atoms with Crippen LogP contribution in [-0.2, 0) is 4.79 Å². The predicted octanol–water partition coefficient (Wildman–Crippen LogP) is 1.39. The first-order chi connectivity index (χ1) is 12.1. The molecule has 7 nitrogen and oxygen atoms in total. The number of nitrogens with one attached hydrogen (secondary N) is 1. The Morgan fingerprint density at radius 3 is 3.00 bits per heavy atom. The highest BCUT2D eigenvalue weighted by atomic mass is 16.5. The van der Waals surface area contributed by atoms with E-state index < -0.39 is 5.91 Å². The molecule has 0 bridgehead atoms. The number of ether oxygens (including phenoxy) is 1. The molecule has 1 aromatic heterocycles. The molecule has 2 aromatic rings. The van der Waals surface area contributed by atoms with Crippen molar-refractivity contribution in [1.82, 2.24) is 15.1 Å². The fraction of sp³-hybridized carbons (Fsp3) is 0.389. The molecule has 0 saturated carbocycles. The molecule has 130 valence electrons. The van der Waals surface area contributed by atoms with Gasteiger partial charge < -0.3 is 15.4 Å². The van der Waals surface area contributed by atoms with Crippen molar-refractivity contribution < 1.29 is 14.3 Å². The fourth-order valence-corrected chi connectivity index (χ4v) is 3.80. The van der Waals surface area contributed by atoms with Crippen LogP contribution in [0, 0.1) is 0 Å². The Bertz CT molecular complexity index is 816. The van der Waals surface area contributed by atoms with Crippen LogP contribution in [0.2, 0.25) is 0 Å². The lowest BCUT2D eigenvalue weighted by Crippen LogP contribution is -2.42. The number of hydrogen-bond acceptors (Lipinski definition) is 4. The molecule has 0 radical (unpaired) electrons. The Hall–Kier alpha value is -2.83. The summed E-state index contributed by atoms with van der Waals surface area (Å²) >= 11 is 0. The first kappa shape index (κ1) is 15.7. The van der Waals surface area contributed by atoms with Crippen LogP contribution in [-0.4, -0.2) is 46.6 Å². The molecular formula is C18H20N4O3. The van der Waals surface area contributed by atoms with Crippen molar-refractivity contribution in [3.05, 3.63) is 47.3 Å². The number of nitrogens with two attached hydrogens (primary N) is 1. The van der Waals surface area contributed by atoms with Gasteiger partial charge in [-0.3, -0.25) is 14.7 Å². The fourth-order valence-electron chi connectivity index (χ4n) is 3.80. The molecule has 2 aliphatic rings. The van der Waals surface area contributed by atoms with Crippen LogP contribution in [0.1, 0.15) is 46.3 Å². The van der Waals surface area contributed by atoms with E-state index in [2.05, 4.69) is 10.2 Å². The topological polar surface area (TPSA) is 101 Å². The maximum atomic E-state index is 13.0. The molecule has 2 amide bonds. The van der Waals surface area contributed by atoms with Crippen LogP contribution in [0.3, 0.4) is 0 Å². The van der Waals surface area contributed by atoms with E-state index in [4.69, 9.17) is 10.5 Å². The average Bonchev–Trinajstić information content (AvgIpc) is 3.28. The van der Waals surface area contributed by atoms with E-state index in [-0.39, 0.29) is 17.7 Å². The maximum Gasteiger partial charge on any atom is 0.252 e. The van der Waals surface area contributed by atoms with Gasteiger partial charge in [-0.1, -0.05) is 18.2 Å². The smallest absolute Gasteiger partial charge is 0.252 e. The van der Waals surface area contributed by atoms with E-state index in [0.29, 0.717) is 25.3 Å². The summed E-state index contributed by atoms with van der Waals surface area (Å²) in [6.45, 7) is 1.66. The molecule has 1 saturated heterocycles. The summed E-state index contributed by atoms with van der Waals surface area (Å²) in [6, 6.07) is 7.68. The number of benzene rings is 1. The van der Waals surface area contributed by atoms with Crippen molar-refractivity contribution in [3.8, 4) is 5.75 Å². The van der Waals surface area contributed by atoms with Gasteiger partial charge in [0.25, 0.3) is 5.91 Å². The van der Waals surface area contributed by atoms with Crippen LogP contribution in [0.25, 0.3) is 0 Å². The number of rotatable bonds is 3. The molecule has 0 spiro atoms. The highest BCUT2D eigenvalue weighted by molar-refractivity contribution is 5.94. The number of carbonyl (C=O) groups excluding carboxylic acids is 2. The second kappa shape index (κ2) is 6.23. The molecule has 1 fully saturated rings. The number of primary amides is 1. The third-order valence-electron chi connectivity index (χ3n) is 5.07. The summed E-state index contributed by atoms with van der Waals surface area (Å²) in [4.78, 5) is 26.4. The number of aromatic amines is 1. The third-order valence-corrected chi connectivity index (χ3v) is 5.07. The van der Waals surface area contributed by atoms with Gasteiger partial charge in [-0.25, -0.2) is 0 Å². The Morgan fingerprint density at radius 2 is 2.16 bits per heavy atom. The minimum atomic E-state index is -0.495. The summed E-state index contributed by atoms with van der Waals surface area (Å²) < 4.78 is 5.65. The number of carbonyl (C=O) groups is 2. The number of H-pyrrole nitrogens is 1. The largest absolute Gasteiger partial charge is 0.492 e. The van der Waals surface area contributed by atoms with Gasteiger partial charge in [0.05, 0.1) is 17.5 Å². The standard InChI is InChI=1S/C18H20N4O3/c19-17(23)13-8-20-21-16(13)11-4-3-7-22(9-11)18(24)14-10-25-15-6-2-1-5-12(14)15/h1-2,5-6,8,11,14H,3-4,7,9-10H2,(H2,19,23)(H,20,21)/t11-,14-/m1/s1. The van der Waals surface area contributed by atoms with Crippen LogP contribution < -0.4 is 10.5 Å². The van der Waals surface area contributed by atoms with Crippen molar-refractivity contribution in [2.24, 2.45) is 5.73 Å². The second-order valence-corrected chi connectivity index (χ2v) is 6.59. The lowest BCUT2D eigenvalue weighted by Gasteiger charge is -2.34. The van der Waals surface area contributed by atoms with E-state index in [0.717, 1.165) is 29.8 Å². The van der Waals surface area contributed by atoms with Crippen molar-refractivity contribution in [2.45, 2.75) is 24.7 Å². The van der Waals surface area contributed by atoms with Gasteiger partial charge in [0.1, 0.15) is 18.3 Å². The quantitative estimate of drug-likeness (QED) is 0.881. The zero-order valence-electron chi connectivity index (χ0n) is 13.8. The molecule has 3 N–H and O–H groups in total. The Kier molecular flexibility index (Phi) is 3.91. The number of para-hydroxylation sites is 1. The molecule has 25 heavy (non-hydrogen) atoms. The number of nitrogens with zero attached hydrogens (tertiary/aromatic N) is 2. The van der Waals surface area contributed by atoms with Crippen molar-refractivity contribution in [3.63, 3.8) is 0 Å². The highest BCUT2D eigenvalue weighted by Gasteiger charge is 2.36. The SMILES string of the molecule is NC(=O)c1cn[nH]c1[C@@H]1CCCN(C(=O)[C@@H]2COc3ccccc32)C1. The molecule has 1 aromatic carbocycles. The molecule has 7 heteroatoms. The summed E-state index contributed by atoms with van der Waals surface area (Å²) in [5, 5.41) is 6.83. The molecule has 2 atom stereocenters. The summed E-state index contributed by atoms with van der Waals surface area (Å²) in [5.41, 5.74) is 7.51. The van der Waals surface area contributed by atoms with Crippen LogP contribution in [0.15, 0.2) is 30.5 Å². The molecule has 2 aliphatic heterocycles. The predicted molar refractivity (Wildman–Crippen MR) is 90.3 cm³/mol. The van der Waals surface area contributed by atoms with Gasteiger partial charge in [-0.2, -0.15) is 5.10 Å². The molecule has 0 unspecified atom stereocenters. The molecule has 3 heterocycles. The van der Waals surface area contributed by atoms with Crippen molar-refractivity contribution in [2.75, 3.05) is 19.7 Å². The summed E-state index contributed by atoms with van der Waals surface area (Å²) in [5.74, 6) is 0.159. The number of amides is 2. The minimum Gasteiger partial charge on any atom is -0.492 e. The third kappa shape index (κ3) is 2.75. The normalized spacial score (nSPS) is 22.3. The molecule has 0 aliphatic carbocycles. The summed E-state index contributed by atoms with van der Waals surface area (Å²) in [6.07, 6.45) is 3.23. The zero-order valence-corrected chi connectivity index (χ0v) is 13.8. The lowest BCUT2D eigenvalue weighted by molar-refractivity contribution is -0.134. The van der Waals surface area contributed by atoms with Gasteiger partial charge in [0.2, 0.25) is 5.91 Å². The average molecular weight is 340 g/mol. The van der Waals surface area contributed by atoms with Crippen molar-refractivity contribution >= 4 is 11.8 Å².